The van der Waals surface area contributed by atoms with E-state index >= 15 is 0 Å². The Bertz CT molecular complexity index is 524. The third kappa shape index (κ3) is 1.96. The van der Waals surface area contributed by atoms with Gasteiger partial charge in [0, 0.05) is 24.8 Å². The van der Waals surface area contributed by atoms with E-state index in [4.69, 9.17) is 4.52 Å². The molecule has 2 aromatic rings. The Hall–Kier alpha value is -1.34. The first-order valence-corrected chi connectivity index (χ1v) is 6.49. The minimum absolute atomic E-state index is 0.0510. The lowest BCUT2D eigenvalue weighted by atomic mass is 10.1. The van der Waals surface area contributed by atoms with E-state index in [-0.39, 0.29) is 5.92 Å². The van der Waals surface area contributed by atoms with Crippen molar-refractivity contribution in [2.75, 3.05) is 11.5 Å². The first-order valence-electron chi connectivity index (χ1n) is 5.33. The second-order valence-corrected chi connectivity index (χ2v) is 5.12. The Balaban J connectivity index is 1.87. The first kappa shape index (κ1) is 10.8. The molecule has 2 unspecified atom stereocenters. The average molecular weight is 252 g/mol. The zero-order chi connectivity index (χ0) is 11.8. The van der Waals surface area contributed by atoms with Crippen molar-refractivity contribution in [2.45, 2.75) is 12.0 Å². The summed E-state index contributed by atoms with van der Waals surface area (Å²) in [6.07, 6.45) is 1.43. The molecule has 6 nitrogen and oxygen atoms in total. The van der Waals surface area contributed by atoms with Gasteiger partial charge in [0.05, 0.1) is 12.0 Å². The predicted octanol–water partition coefficient (Wildman–Crippen LogP) is 0.661. The molecular formula is C10H12N4O2S. The molecule has 17 heavy (non-hydrogen) atoms. The van der Waals surface area contributed by atoms with Crippen LogP contribution in [-0.2, 0) is 7.05 Å². The molecule has 1 aliphatic heterocycles. The van der Waals surface area contributed by atoms with Gasteiger partial charge in [-0.15, -0.1) is 0 Å². The van der Waals surface area contributed by atoms with Gasteiger partial charge < -0.3 is 9.63 Å². The number of hydrogen-bond donors (Lipinski definition) is 1. The minimum atomic E-state index is -0.392. The number of hydrogen-bond acceptors (Lipinski definition) is 6. The molecular weight excluding hydrogens is 240 g/mol. The van der Waals surface area contributed by atoms with E-state index in [1.165, 1.54) is 0 Å². The third-order valence-corrected chi connectivity index (χ3v) is 3.92. The normalized spacial score (nSPS) is 24.4. The average Bonchev–Trinajstić information content (AvgIpc) is 2.97. The van der Waals surface area contributed by atoms with Gasteiger partial charge in [0.2, 0.25) is 11.7 Å². The lowest BCUT2D eigenvalue weighted by Crippen LogP contribution is -2.15. The summed E-state index contributed by atoms with van der Waals surface area (Å²) in [5.41, 5.74) is 0.683. The molecule has 7 heteroatoms. The summed E-state index contributed by atoms with van der Waals surface area (Å²) < 4.78 is 6.89. The molecule has 2 aromatic heterocycles. The maximum Gasteiger partial charge on any atom is 0.233 e. The first-order chi connectivity index (χ1) is 8.24. The maximum absolute atomic E-state index is 9.76. The largest absolute Gasteiger partial charge is 0.391 e. The van der Waals surface area contributed by atoms with E-state index < -0.39 is 6.10 Å². The van der Waals surface area contributed by atoms with E-state index in [1.807, 2.05) is 19.3 Å². The van der Waals surface area contributed by atoms with Gasteiger partial charge in [0.15, 0.2) is 0 Å². The molecule has 0 bridgehead atoms. The molecule has 1 aliphatic rings. The molecule has 0 aliphatic carbocycles. The molecule has 1 saturated heterocycles. The molecule has 1 N–H and O–H groups in total. The topological polar surface area (TPSA) is 77.0 Å². The van der Waals surface area contributed by atoms with E-state index in [9.17, 15) is 5.11 Å². The minimum Gasteiger partial charge on any atom is -0.391 e. The van der Waals surface area contributed by atoms with Crippen LogP contribution in [-0.4, -0.2) is 42.6 Å². The smallest absolute Gasteiger partial charge is 0.233 e. The van der Waals surface area contributed by atoms with Crippen molar-refractivity contribution < 1.29 is 9.63 Å². The van der Waals surface area contributed by atoms with Crippen molar-refractivity contribution in [2.24, 2.45) is 7.05 Å². The van der Waals surface area contributed by atoms with Crippen molar-refractivity contribution in [1.29, 1.82) is 0 Å². The fourth-order valence-electron chi connectivity index (χ4n) is 1.80. The van der Waals surface area contributed by atoms with E-state index in [0.29, 0.717) is 17.4 Å². The molecule has 90 valence electrons. The van der Waals surface area contributed by atoms with Crippen LogP contribution >= 0.6 is 11.8 Å². The Morgan fingerprint density at radius 1 is 1.53 bits per heavy atom. The van der Waals surface area contributed by atoms with E-state index in [0.717, 1.165) is 11.5 Å². The quantitative estimate of drug-likeness (QED) is 0.846. The molecule has 0 radical (unpaired) electrons. The zero-order valence-corrected chi connectivity index (χ0v) is 10.1. The van der Waals surface area contributed by atoms with Gasteiger partial charge in [0.25, 0.3) is 0 Å². The molecule has 3 heterocycles. The number of thioether (sulfide) groups is 1. The number of rotatable bonds is 2. The second kappa shape index (κ2) is 4.15. The molecule has 1 fully saturated rings. The Labute approximate surface area is 102 Å². The highest BCUT2D eigenvalue weighted by Gasteiger charge is 2.32. The summed E-state index contributed by atoms with van der Waals surface area (Å²) in [6.45, 7) is 0. The highest BCUT2D eigenvalue weighted by molar-refractivity contribution is 7.99. The molecule has 0 aromatic carbocycles. The van der Waals surface area contributed by atoms with Gasteiger partial charge in [-0.25, -0.2) is 0 Å². The number of aryl methyl sites for hydroxylation is 1. The predicted molar refractivity (Wildman–Crippen MR) is 62.6 cm³/mol. The van der Waals surface area contributed by atoms with Gasteiger partial charge in [-0.2, -0.15) is 21.8 Å². The second-order valence-electron chi connectivity index (χ2n) is 4.04. The van der Waals surface area contributed by atoms with E-state index in [1.54, 1.807) is 16.4 Å². The molecule has 0 saturated carbocycles. The van der Waals surface area contributed by atoms with Crippen molar-refractivity contribution in [1.82, 2.24) is 19.9 Å². The number of nitrogens with zero attached hydrogens (tertiary/aromatic N) is 4. The number of aliphatic hydroxyl groups excluding tert-OH is 1. The zero-order valence-electron chi connectivity index (χ0n) is 9.28. The van der Waals surface area contributed by atoms with Crippen molar-refractivity contribution in [3.8, 4) is 11.5 Å². The van der Waals surface area contributed by atoms with Gasteiger partial charge in [-0.05, 0) is 6.07 Å². The standard InChI is InChI=1S/C10H12N4O2S/c1-14-3-2-7(12-14)9-11-10(16-13-9)6-4-17-5-8(6)15/h2-3,6,8,15H,4-5H2,1H3. The fourth-order valence-corrected chi connectivity index (χ4v) is 3.03. The summed E-state index contributed by atoms with van der Waals surface area (Å²) in [7, 11) is 1.84. The van der Waals surface area contributed by atoms with E-state index in [2.05, 4.69) is 15.2 Å². The Morgan fingerprint density at radius 3 is 3.06 bits per heavy atom. The van der Waals surface area contributed by atoms with Crippen LogP contribution < -0.4 is 0 Å². The third-order valence-electron chi connectivity index (χ3n) is 2.75. The number of aromatic nitrogens is 4. The van der Waals surface area contributed by atoms with Crippen LogP contribution in [0, 0.1) is 0 Å². The van der Waals surface area contributed by atoms with Crippen LogP contribution in [0.4, 0.5) is 0 Å². The lowest BCUT2D eigenvalue weighted by Gasteiger charge is -2.06. The summed E-state index contributed by atoms with van der Waals surface area (Å²) in [5.74, 6) is 2.48. The maximum atomic E-state index is 9.76. The summed E-state index contributed by atoms with van der Waals surface area (Å²) in [5, 5.41) is 17.9. The monoisotopic (exact) mass is 252 g/mol. The van der Waals surface area contributed by atoms with Crippen LogP contribution in [0.3, 0.4) is 0 Å². The molecule has 3 rings (SSSR count). The van der Waals surface area contributed by atoms with Crippen molar-refractivity contribution in [3.63, 3.8) is 0 Å². The molecule has 0 spiro atoms. The molecule has 2 atom stereocenters. The summed E-state index contributed by atoms with van der Waals surface area (Å²) in [4.78, 5) is 4.30. The Kier molecular flexibility index (Phi) is 2.64. The van der Waals surface area contributed by atoms with Crippen LogP contribution in [0.1, 0.15) is 11.8 Å². The van der Waals surface area contributed by atoms with Crippen LogP contribution in [0.2, 0.25) is 0 Å². The SMILES string of the molecule is Cn1ccc(-c2noc(C3CSCC3O)n2)n1. The van der Waals surface area contributed by atoms with Crippen LogP contribution in [0.15, 0.2) is 16.8 Å². The summed E-state index contributed by atoms with van der Waals surface area (Å²) >= 11 is 1.70. The molecule has 0 amide bonds. The highest BCUT2D eigenvalue weighted by Crippen LogP contribution is 2.32. The Morgan fingerprint density at radius 2 is 2.41 bits per heavy atom. The number of aliphatic hydroxyl groups is 1. The van der Waals surface area contributed by atoms with Crippen LogP contribution in [0.5, 0.6) is 0 Å². The van der Waals surface area contributed by atoms with Gasteiger partial charge in [0.1, 0.15) is 5.69 Å². The summed E-state index contributed by atoms with van der Waals surface area (Å²) in [6, 6.07) is 1.83. The van der Waals surface area contributed by atoms with Crippen molar-refractivity contribution in [3.05, 3.63) is 18.2 Å². The van der Waals surface area contributed by atoms with Crippen molar-refractivity contribution >= 4 is 11.8 Å². The fraction of sp³-hybridized carbons (Fsp3) is 0.500. The van der Waals surface area contributed by atoms with Gasteiger partial charge in [-0.3, -0.25) is 4.68 Å². The van der Waals surface area contributed by atoms with Crippen LogP contribution in [0.25, 0.3) is 11.5 Å². The van der Waals surface area contributed by atoms with Gasteiger partial charge in [-0.1, -0.05) is 5.16 Å². The van der Waals surface area contributed by atoms with Gasteiger partial charge >= 0.3 is 0 Å². The highest BCUT2D eigenvalue weighted by atomic mass is 32.2. The lowest BCUT2D eigenvalue weighted by molar-refractivity contribution is 0.164.